The minimum atomic E-state index is 0.796. The molecule has 8 heavy (non-hydrogen) atoms. The van der Waals surface area contributed by atoms with Crippen molar-refractivity contribution in [1.82, 2.24) is 0 Å². The molecule has 0 aromatic carbocycles. The van der Waals surface area contributed by atoms with Crippen molar-refractivity contribution in [2.45, 2.75) is 19.3 Å². The smallest absolute Gasteiger partial charge is 0.00808 e. The Kier molecular flexibility index (Phi) is 0.367. The molecular formula is C8H10. The molecule has 2 fully saturated rings. The molecule has 0 heterocycles. The monoisotopic (exact) mass is 106 g/mol. The molecule has 3 atom stereocenters. The van der Waals surface area contributed by atoms with Crippen molar-refractivity contribution in [3.8, 4) is 0 Å². The van der Waals surface area contributed by atoms with E-state index >= 15 is 0 Å². The van der Waals surface area contributed by atoms with Gasteiger partial charge in [0.25, 0.3) is 0 Å². The largest absolute Gasteiger partial charge is 0.0848 e. The fourth-order valence-corrected chi connectivity index (χ4v) is 2.65. The molecule has 0 amide bonds. The molecule has 1 spiro atoms. The lowest BCUT2D eigenvalue weighted by Gasteiger charge is -1.97. The summed E-state index contributed by atoms with van der Waals surface area (Å²) in [7, 11) is 0. The van der Waals surface area contributed by atoms with Crippen LogP contribution in [0.2, 0.25) is 0 Å². The lowest BCUT2D eigenvalue weighted by Crippen LogP contribution is -1.86. The molecule has 2 bridgehead atoms. The fourth-order valence-electron chi connectivity index (χ4n) is 2.65. The normalized spacial score (nSPS) is 64.0. The summed E-state index contributed by atoms with van der Waals surface area (Å²) in [5.74, 6) is 2.14. The van der Waals surface area contributed by atoms with Gasteiger partial charge in [-0.25, -0.2) is 0 Å². The lowest BCUT2D eigenvalue weighted by atomic mass is 10.1. The zero-order valence-corrected chi connectivity index (χ0v) is 4.93. The molecule has 0 heteroatoms. The van der Waals surface area contributed by atoms with Crippen LogP contribution >= 0.6 is 0 Å². The Morgan fingerprint density at radius 1 is 1.38 bits per heavy atom. The first-order valence-electron chi connectivity index (χ1n) is 3.58. The fraction of sp³-hybridized carbons (Fsp3) is 0.750. The van der Waals surface area contributed by atoms with Gasteiger partial charge in [0.05, 0.1) is 0 Å². The zero-order valence-electron chi connectivity index (χ0n) is 4.93. The summed E-state index contributed by atoms with van der Waals surface area (Å²) in [5.41, 5.74) is 0.796. The van der Waals surface area contributed by atoms with E-state index in [1.807, 2.05) is 0 Å². The van der Waals surface area contributed by atoms with Crippen molar-refractivity contribution in [1.29, 1.82) is 0 Å². The van der Waals surface area contributed by atoms with Gasteiger partial charge in [0.2, 0.25) is 0 Å². The molecule has 0 aromatic heterocycles. The van der Waals surface area contributed by atoms with Crippen molar-refractivity contribution in [3.63, 3.8) is 0 Å². The summed E-state index contributed by atoms with van der Waals surface area (Å²) < 4.78 is 0. The van der Waals surface area contributed by atoms with Gasteiger partial charge >= 0.3 is 0 Å². The second kappa shape index (κ2) is 0.792. The number of hydrogen-bond donors (Lipinski definition) is 0. The Labute approximate surface area is 49.6 Å². The van der Waals surface area contributed by atoms with Crippen LogP contribution in [0.1, 0.15) is 19.3 Å². The Morgan fingerprint density at radius 2 is 2.38 bits per heavy atom. The maximum absolute atomic E-state index is 2.48. The average Bonchev–Trinajstić information content (AvgIpc) is 2.13. The Balaban J connectivity index is 2.19. The first kappa shape index (κ1) is 3.71. The topological polar surface area (TPSA) is 0 Å². The van der Waals surface area contributed by atoms with E-state index in [4.69, 9.17) is 0 Å². The van der Waals surface area contributed by atoms with Crippen LogP contribution < -0.4 is 0 Å². The third-order valence-corrected chi connectivity index (χ3v) is 3.21. The van der Waals surface area contributed by atoms with E-state index < -0.39 is 0 Å². The second-order valence-corrected chi connectivity index (χ2v) is 3.69. The van der Waals surface area contributed by atoms with Gasteiger partial charge in [0, 0.05) is 0 Å². The summed E-state index contributed by atoms with van der Waals surface area (Å²) in [6.45, 7) is 0. The van der Waals surface area contributed by atoms with E-state index in [-0.39, 0.29) is 0 Å². The molecule has 2 saturated carbocycles. The van der Waals surface area contributed by atoms with Gasteiger partial charge in [-0.3, -0.25) is 0 Å². The minimum Gasteiger partial charge on any atom is -0.0848 e. The molecule has 0 aliphatic heterocycles. The second-order valence-electron chi connectivity index (χ2n) is 3.69. The molecule has 3 rings (SSSR count). The van der Waals surface area contributed by atoms with Crippen LogP contribution in [0.15, 0.2) is 12.2 Å². The van der Waals surface area contributed by atoms with Crippen LogP contribution in [0.4, 0.5) is 0 Å². The van der Waals surface area contributed by atoms with Crippen LogP contribution in [0.5, 0.6) is 0 Å². The highest BCUT2D eigenvalue weighted by Gasteiger charge is 2.60. The molecule has 0 nitrogen and oxygen atoms in total. The highest BCUT2D eigenvalue weighted by molar-refractivity contribution is 5.27. The molecule has 0 radical (unpaired) electrons. The summed E-state index contributed by atoms with van der Waals surface area (Å²) in [6.07, 6.45) is 9.48. The maximum atomic E-state index is 2.48. The van der Waals surface area contributed by atoms with E-state index in [9.17, 15) is 0 Å². The maximum Gasteiger partial charge on any atom is -0.00808 e. The van der Waals surface area contributed by atoms with E-state index in [0.29, 0.717) is 0 Å². The summed E-state index contributed by atoms with van der Waals surface area (Å²) >= 11 is 0. The molecule has 3 aliphatic carbocycles. The van der Waals surface area contributed by atoms with E-state index in [2.05, 4.69) is 12.2 Å². The predicted molar refractivity (Wildman–Crippen MR) is 32.4 cm³/mol. The van der Waals surface area contributed by atoms with Gasteiger partial charge in [-0.2, -0.15) is 0 Å². The third-order valence-electron chi connectivity index (χ3n) is 3.21. The quantitative estimate of drug-likeness (QED) is 0.414. The highest BCUT2D eigenvalue weighted by Crippen LogP contribution is 2.69. The Bertz CT molecular complexity index is 169. The third kappa shape index (κ3) is 0.229. The molecule has 42 valence electrons. The van der Waals surface area contributed by atoms with Gasteiger partial charge in [-0.15, -0.1) is 0 Å². The first-order chi connectivity index (χ1) is 3.89. The predicted octanol–water partition coefficient (Wildman–Crippen LogP) is 1.97. The molecule has 0 N–H and O–H groups in total. The van der Waals surface area contributed by atoms with Crippen molar-refractivity contribution in [2.24, 2.45) is 17.3 Å². The molecule has 0 saturated heterocycles. The Hall–Kier alpha value is -0.260. The molecular weight excluding hydrogens is 96.1 g/mol. The number of hydrogen-bond acceptors (Lipinski definition) is 0. The van der Waals surface area contributed by atoms with Crippen molar-refractivity contribution in [3.05, 3.63) is 12.2 Å². The minimum absolute atomic E-state index is 0.796. The highest BCUT2D eigenvalue weighted by atomic mass is 14.6. The number of allylic oxidation sites excluding steroid dienone is 2. The standard InChI is InChI=1S/C8H10/c1-2-8-4-6(1)3-7(8)5-8/h1-2,6-7H,3-5H2. The van der Waals surface area contributed by atoms with Crippen LogP contribution in [-0.2, 0) is 0 Å². The van der Waals surface area contributed by atoms with Crippen molar-refractivity contribution >= 4 is 0 Å². The van der Waals surface area contributed by atoms with E-state index in [1.54, 1.807) is 0 Å². The first-order valence-corrected chi connectivity index (χ1v) is 3.58. The average molecular weight is 106 g/mol. The van der Waals surface area contributed by atoms with Crippen LogP contribution in [-0.4, -0.2) is 0 Å². The van der Waals surface area contributed by atoms with Crippen molar-refractivity contribution < 1.29 is 0 Å². The van der Waals surface area contributed by atoms with Gasteiger partial charge in [-0.1, -0.05) is 12.2 Å². The van der Waals surface area contributed by atoms with Gasteiger partial charge < -0.3 is 0 Å². The van der Waals surface area contributed by atoms with Gasteiger partial charge in [-0.05, 0) is 36.5 Å². The van der Waals surface area contributed by atoms with Crippen LogP contribution in [0.3, 0.4) is 0 Å². The number of fused-ring (bicyclic) bond motifs is 1. The molecule has 0 aromatic rings. The van der Waals surface area contributed by atoms with E-state index in [0.717, 1.165) is 17.3 Å². The van der Waals surface area contributed by atoms with E-state index in [1.165, 1.54) is 19.3 Å². The SMILES string of the molecule is C1=CC23CC1CC2C3. The van der Waals surface area contributed by atoms with Crippen LogP contribution in [0.25, 0.3) is 0 Å². The molecule has 3 unspecified atom stereocenters. The summed E-state index contributed by atoms with van der Waals surface area (Å²) in [4.78, 5) is 0. The molecule has 3 aliphatic rings. The Morgan fingerprint density at radius 3 is 2.75 bits per heavy atom. The summed E-state index contributed by atoms with van der Waals surface area (Å²) in [5, 5.41) is 0. The van der Waals surface area contributed by atoms with Gasteiger partial charge in [0.15, 0.2) is 0 Å². The zero-order chi connectivity index (χ0) is 5.19. The lowest BCUT2D eigenvalue weighted by molar-refractivity contribution is 0.588. The number of rotatable bonds is 0. The van der Waals surface area contributed by atoms with Crippen molar-refractivity contribution in [2.75, 3.05) is 0 Å². The summed E-state index contributed by atoms with van der Waals surface area (Å²) in [6, 6.07) is 0. The van der Waals surface area contributed by atoms with Gasteiger partial charge in [0.1, 0.15) is 0 Å². The van der Waals surface area contributed by atoms with Crippen LogP contribution in [0, 0.1) is 17.3 Å².